The van der Waals surface area contributed by atoms with Gasteiger partial charge in [-0.3, -0.25) is 14.6 Å². The minimum absolute atomic E-state index is 0.143. The lowest BCUT2D eigenvalue weighted by Crippen LogP contribution is -2.12. The van der Waals surface area contributed by atoms with Crippen LogP contribution in [0.1, 0.15) is 23.0 Å². The first-order valence-corrected chi connectivity index (χ1v) is 8.75. The van der Waals surface area contributed by atoms with E-state index in [1.54, 1.807) is 42.0 Å². The number of rotatable bonds is 6. The average molecular weight is 367 g/mol. The molecule has 0 spiro atoms. The predicted octanol–water partition coefficient (Wildman–Crippen LogP) is 3.36. The summed E-state index contributed by atoms with van der Waals surface area (Å²) < 4.78 is 0. The summed E-state index contributed by atoms with van der Waals surface area (Å²) in [5.74, 6) is -0.432. The number of anilines is 3. The van der Waals surface area contributed by atoms with Crippen LogP contribution in [-0.2, 0) is 11.3 Å². The lowest BCUT2D eigenvalue weighted by atomic mass is 10.2. The summed E-state index contributed by atoms with van der Waals surface area (Å²) in [6, 6.07) is 10.7. The standard InChI is InChI=1S/C18H17N5O2S/c1-12(24)21-14-4-6-15(7-5-14)22-17(25)16-11-26-18(23-16)20-10-13-3-2-8-19-9-13/h2-9,11H,10H2,1H3,(H,20,23)(H,21,24)(H,22,25). The van der Waals surface area contributed by atoms with Gasteiger partial charge in [-0.05, 0) is 35.9 Å². The Kier molecular flexibility index (Phi) is 5.55. The molecule has 8 heteroatoms. The van der Waals surface area contributed by atoms with Crippen molar-refractivity contribution in [2.24, 2.45) is 0 Å². The van der Waals surface area contributed by atoms with Crippen molar-refractivity contribution in [3.8, 4) is 0 Å². The lowest BCUT2D eigenvalue weighted by molar-refractivity contribution is -0.114. The van der Waals surface area contributed by atoms with Gasteiger partial charge in [0.2, 0.25) is 5.91 Å². The summed E-state index contributed by atoms with van der Waals surface area (Å²) in [5, 5.41) is 11.0. The van der Waals surface area contributed by atoms with E-state index in [4.69, 9.17) is 0 Å². The topological polar surface area (TPSA) is 96.0 Å². The number of nitrogens with zero attached hydrogens (tertiary/aromatic N) is 2. The number of nitrogens with one attached hydrogen (secondary N) is 3. The molecule has 0 bridgehead atoms. The second kappa shape index (κ2) is 8.21. The third-order valence-electron chi connectivity index (χ3n) is 3.37. The van der Waals surface area contributed by atoms with Crippen molar-refractivity contribution in [2.45, 2.75) is 13.5 Å². The van der Waals surface area contributed by atoms with Crippen LogP contribution in [0.4, 0.5) is 16.5 Å². The third kappa shape index (κ3) is 4.87. The van der Waals surface area contributed by atoms with Gasteiger partial charge in [0.05, 0.1) is 0 Å². The summed E-state index contributed by atoms with van der Waals surface area (Å²) in [4.78, 5) is 31.7. The van der Waals surface area contributed by atoms with E-state index in [0.717, 1.165) is 5.56 Å². The normalized spacial score (nSPS) is 10.2. The first-order valence-electron chi connectivity index (χ1n) is 7.87. The highest BCUT2D eigenvalue weighted by molar-refractivity contribution is 7.13. The second-order valence-electron chi connectivity index (χ2n) is 5.47. The number of thiazole rings is 1. The summed E-state index contributed by atoms with van der Waals surface area (Å²) >= 11 is 1.37. The van der Waals surface area contributed by atoms with Gasteiger partial charge in [0.1, 0.15) is 5.69 Å². The van der Waals surface area contributed by atoms with Gasteiger partial charge in [0, 0.05) is 42.6 Å². The van der Waals surface area contributed by atoms with Crippen molar-refractivity contribution in [1.82, 2.24) is 9.97 Å². The molecule has 2 aromatic heterocycles. The predicted molar refractivity (Wildman–Crippen MR) is 102 cm³/mol. The molecule has 3 rings (SSSR count). The van der Waals surface area contributed by atoms with E-state index in [1.165, 1.54) is 18.3 Å². The Bertz CT molecular complexity index is 893. The van der Waals surface area contributed by atoms with Crippen LogP contribution < -0.4 is 16.0 Å². The lowest BCUT2D eigenvalue weighted by Gasteiger charge is -2.05. The smallest absolute Gasteiger partial charge is 0.275 e. The van der Waals surface area contributed by atoms with Gasteiger partial charge >= 0.3 is 0 Å². The minimum atomic E-state index is -0.289. The fourth-order valence-corrected chi connectivity index (χ4v) is 2.86. The van der Waals surface area contributed by atoms with Gasteiger partial charge in [-0.2, -0.15) is 0 Å². The molecule has 0 aliphatic heterocycles. The number of pyridine rings is 1. The highest BCUT2D eigenvalue weighted by atomic mass is 32.1. The number of aromatic nitrogens is 2. The van der Waals surface area contributed by atoms with Crippen LogP contribution in [0.15, 0.2) is 54.2 Å². The zero-order valence-electron chi connectivity index (χ0n) is 14.0. The Balaban J connectivity index is 1.56. The van der Waals surface area contributed by atoms with Crippen LogP contribution in [0.2, 0.25) is 0 Å². The van der Waals surface area contributed by atoms with Crippen molar-refractivity contribution in [3.05, 3.63) is 65.4 Å². The molecule has 0 saturated carbocycles. The molecule has 132 valence electrons. The van der Waals surface area contributed by atoms with E-state index in [1.807, 2.05) is 12.1 Å². The van der Waals surface area contributed by atoms with E-state index >= 15 is 0 Å². The highest BCUT2D eigenvalue weighted by Gasteiger charge is 2.11. The number of amides is 2. The summed E-state index contributed by atoms with van der Waals surface area (Å²) in [6.07, 6.45) is 3.50. The summed E-state index contributed by atoms with van der Waals surface area (Å²) in [5.41, 5.74) is 2.68. The Morgan fingerprint density at radius 1 is 1.08 bits per heavy atom. The Hall–Kier alpha value is -3.26. The van der Waals surface area contributed by atoms with Crippen molar-refractivity contribution >= 4 is 39.7 Å². The fraction of sp³-hybridized carbons (Fsp3) is 0.111. The van der Waals surface area contributed by atoms with Crippen molar-refractivity contribution in [2.75, 3.05) is 16.0 Å². The molecule has 2 amide bonds. The molecular formula is C18H17N5O2S. The molecule has 7 nitrogen and oxygen atoms in total. The molecule has 0 atom stereocenters. The molecule has 3 aromatic rings. The van der Waals surface area contributed by atoms with Crippen LogP contribution in [0.3, 0.4) is 0 Å². The molecular weight excluding hydrogens is 350 g/mol. The van der Waals surface area contributed by atoms with Crippen LogP contribution >= 0.6 is 11.3 Å². The first-order chi connectivity index (χ1) is 12.6. The maximum atomic E-state index is 12.3. The van der Waals surface area contributed by atoms with Crippen LogP contribution in [0, 0.1) is 0 Å². The molecule has 3 N–H and O–H groups in total. The van der Waals surface area contributed by atoms with Crippen molar-refractivity contribution < 1.29 is 9.59 Å². The number of carbonyl (C=O) groups is 2. The van der Waals surface area contributed by atoms with Crippen LogP contribution in [0.25, 0.3) is 0 Å². The maximum Gasteiger partial charge on any atom is 0.275 e. The van der Waals surface area contributed by atoms with E-state index < -0.39 is 0 Å². The second-order valence-corrected chi connectivity index (χ2v) is 6.32. The minimum Gasteiger partial charge on any atom is -0.357 e. The monoisotopic (exact) mass is 367 g/mol. The number of carbonyl (C=O) groups excluding carboxylic acids is 2. The average Bonchev–Trinajstić information content (AvgIpc) is 3.11. The van der Waals surface area contributed by atoms with Crippen LogP contribution in [-0.4, -0.2) is 21.8 Å². The van der Waals surface area contributed by atoms with E-state index in [-0.39, 0.29) is 11.8 Å². The largest absolute Gasteiger partial charge is 0.357 e. The van der Waals surface area contributed by atoms with E-state index in [9.17, 15) is 9.59 Å². The first kappa shape index (κ1) is 17.6. The molecule has 1 aromatic carbocycles. The Labute approximate surface area is 154 Å². The Morgan fingerprint density at radius 3 is 2.46 bits per heavy atom. The zero-order valence-corrected chi connectivity index (χ0v) is 14.8. The molecule has 0 aliphatic carbocycles. The van der Waals surface area contributed by atoms with Gasteiger partial charge in [-0.1, -0.05) is 6.07 Å². The van der Waals surface area contributed by atoms with E-state index in [0.29, 0.717) is 28.7 Å². The van der Waals surface area contributed by atoms with Crippen LogP contribution in [0.5, 0.6) is 0 Å². The van der Waals surface area contributed by atoms with Gasteiger partial charge < -0.3 is 16.0 Å². The van der Waals surface area contributed by atoms with Crippen molar-refractivity contribution in [3.63, 3.8) is 0 Å². The quantitative estimate of drug-likeness (QED) is 0.621. The fourth-order valence-electron chi connectivity index (χ4n) is 2.17. The van der Waals surface area contributed by atoms with Gasteiger partial charge in [0.15, 0.2) is 5.13 Å². The highest BCUT2D eigenvalue weighted by Crippen LogP contribution is 2.19. The summed E-state index contributed by atoms with van der Waals surface area (Å²) in [6.45, 7) is 2.03. The number of benzene rings is 1. The molecule has 2 heterocycles. The SMILES string of the molecule is CC(=O)Nc1ccc(NC(=O)c2csc(NCc3cccnc3)n2)cc1. The third-order valence-corrected chi connectivity index (χ3v) is 4.17. The van der Waals surface area contributed by atoms with Gasteiger partial charge in [0.25, 0.3) is 5.91 Å². The zero-order chi connectivity index (χ0) is 18.4. The molecule has 26 heavy (non-hydrogen) atoms. The summed E-state index contributed by atoms with van der Waals surface area (Å²) in [7, 11) is 0. The molecule has 0 unspecified atom stereocenters. The van der Waals surface area contributed by atoms with E-state index in [2.05, 4.69) is 25.9 Å². The Morgan fingerprint density at radius 2 is 1.81 bits per heavy atom. The van der Waals surface area contributed by atoms with Crippen molar-refractivity contribution in [1.29, 1.82) is 0 Å². The van der Waals surface area contributed by atoms with Gasteiger partial charge in [-0.25, -0.2) is 4.98 Å². The number of hydrogen-bond acceptors (Lipinski definition) is 6. The molecule has 0 saturated heterocycles. The maximum absolute atomic E-state index is 12.3. The number of hydrogen-bond donors (Lipinski definition) is 3. The molecule has 0 fully saturated rings. The molecule has 0 aliphatic rings. The van der Waals surface area contributed by atoms with Gasteiger partial charge in [-0.15, -0.1) is 11.3 Å². The molecule has 0 radical (unpaired) electrons.